The fraction of sp³-hybridized carbons (Fsp3) is 0.381. The van der Waals surface area contributed by atoms with Crippen LogP contribution < -0.4 is 10.2 Å². The van der Waals surface area contributed by atoms with Gasteiger partial charge in [-0.25, -0.2) is 0 Å². The van der Waals surface area contributed by atoms with Crippen molar-refractivity contribution in [1.82, 2.24) is 10.3 Å². The number of rotatable bonds is 7. The van der Waals surface area contributed by atoms with Crippen LogP contribution in [0.1, 0.15) is 36.5 Å². The smallest absolute Gasteiger partial charge is 0.305 e. The molecule has 0 bridgehead atoms. The summed E-state index contributed by atoms with van der Waals surface area (Å²) in [5.74, 6) is 0.0161. The minimum absolute atomic E-state index is 0.0161. The number of aliphatic hydroxyl groups excluding tert-OH is 1. The molecule has 0 unspecified atom stereocenters. The Kier molecular flexibility index (Phi) is 5.77. The van der Waals surface area contributed by atoms with E-state index in [-0.39, 0.29) is 22.8 Å². The van der Waals surface area contributed by atoms with Crippen molar-refractivity contribution in [3.05, 3.63) is 63.3 Å². The van der Waals surface area contributed by atoms with Crippen LogP contribution in [-0.2, 0) is 11.3 Å². The Labute approximate surface area is 166 Å². The number of aromatic nitrogens is 1. The number of H-pyrrole nitrogens is 1. The summed E-state index contributed by atoms with van der Waals surface area (Å²) >= 11 is 1.00. The van der Waals surface area contributed by atoms with E-state index in [1.165, 1.54) is 6.07 Å². The van der Waals surface area contributed by atoms with E-state index in [0.29, 0.717) is 28.9 Å². The first-order valence-corrected chi connectivity index (χ1v) is 10.3. The van der Waals surface area contributed by atoms with Crippen LogP contribution in [-0.4, -0.2) is 33.9 Å². The van der Waals surface area contributed by atoms with E-state index in [2.05, 4.69) is 22.4 Å². The second kappa shape index (κ2) is 8.45. The SMILES string of the molecule is O=c1[nH]c2c(O)ccc([C@@H](O)CN[C@@H]3CCC[C@H]3OCc3ccccc3)c2s1. The lowest BCUT2D eigenvalue weighted by Gasteiger charge is -2.23. The summed E-state index contributed by atoms with van der Waals surface area (Å²) in [6.07, 6.45) is 2.45. The molecule has 3 atom stereocenters. The van der Waals surface area contributed by atoms with E-state index in [4.69, 9.17) is 4.74 Å². The lowest BCUT2D eigenvalue weighted by atomic mass is 10.1. The molecule has 1 aliphatic carbocycles. The molecular weight excluding hydrogens is 376 g/mol. The summed E-state index contributed by atoms with van der Waals surface area (Å²) in [5, 5.41) is 24.0. The van der Waals surface area contributed by atoms with E-state index in [0.717, 1.165) is 36.2 Å². The highest BCUT2D eigenvalue weighted by Crippen LogP contribution is 2.31. The van der Waals surface area contributed by atoms with Crippen molar-refractivity contribution >= 4 is 21.6 Å². The molecular formula is C21H24N2O4S. The van der Waals surface area contributed by atoms with Crippen LogP contribution in [0.25, 0.3) is 10.2 Å². The van der Waals surface area contributed by atoms with Gasteiger partial charge < -0.3 is 25.3 Å². The quantitative estimate of drug-likeness (QED) is 0.489. The molecule has 1 saturated carbocycles. The van der Waals surface area contributed by atoms with Gasteiger partial charge in [-0.05, 0) is 30.9 Å². The number of aliphatic hydroxyl groups is 1. The number of ether oxygens (including phenoxy) is 1. The molecule has 0 spiro atoms. The molecule has 3 aromatic rings. The number of aromatic hydroxyl groups is 1. The van der Waals surface area contributed by atoms with E-state index < -0.39 is 6.10 Å². The van der Waals surface area contributed by atoms with Crippen LogP contribution in [0.15, 0.2) is 47.3 Å². The molecule has 6 nitrogen and oxygen atoms in total. The van der Waals surface area contributed by atoms with Gasteiger partial charge >= 0.3 is 4.87 Å². The second-order valence-corrected chi connectivity index (χ2v) is 8.17. The van der Waals surface area contributed by atoms with Crippen molar-refractivity contribution in [1.29, 1.82) is 0 Å². The molecule has 0 amide bonds. The van der Waals surface area contributed by atoms with Crippen molar-refractivity contribution in [2.24, 2.45) is 0 Å². The maximum Gasteiger partial charge on any atom is 0.305 e. The van der Waals surface area contributed by atoms with E-state index in [1.807, 2.05) is 18.2 Å². The predicted octanol–water partition coefficient (Wildman–Crippen LogP) is 3.06. The largest absolute Gasteiger partial charge is 0.506 e. The maximum absolute atomic E-state index is 11.7. The minimum Gasteiger partial charge on any atom is -0.506 e. The summed E-state index contributed by atoms with van der Waals surface area (Å²) in [7, 11) is 0. The number of hydrogen-bond donors (Lipinski definition) is 4. The van der Waals surface area contributed by atoms with Gasteiger partial charge in [0.25, 0.3) is 0 Å². The predicted molar refractivity (Wildman–Crippen MR) is 110 cm³/mol. The molecule has 0 radical (unpaired) electrons. The van der Waals surface area contributed by atoms with Gasteiger partial charge in [0.2, 0.25) is 0 Å². The third-order valence-corrected chi connectivity index (χ3v) is 6.21. The van der Waals surface area contributed by atoms with Crippen molar-refractivity contribution in [3.8, 4) is 5.75 Å². The number of fused-ring (bicyclic) bond motifs is 1. The number of thiazole rings is 1. The van der Waals surface area contributed by atoms with Crippen LogP contribution in [0.5, 0.6) is 5.75 Å². The first-order chi connectivity index (χ1) is 13.6. The number of benzene rings is 2. The molecule has 1 aromatic heterocycles. The zero-order chi connectivity index (χ0) is 19.5. The Morgan fingerprint density at radius 1 is 1.21 bits per heavy atom. The summed E-state index contributed by atoms with van der Waals surface area (Å²) < 4.78 is 6.71. The number of hydrogen-bond acceptors (Lipinski definition) is 6. The van der Waals surface area contributed by atoms with Crippen molar-refractivity contribution in [3.63, 3.8) is 0 Å². The molecule has 1 heterocycles. The second-order valence-electron chi connectivity index (χ2n) is 7.19. The molecule has 148 valence electrons. The van der Waals surface area contributed by atoms with E-state index in [9.17, 15) is 15.0 Å². The summed E-state index contributed by atoms with van der Waals surface area (Å²) in [6.45, 7) is 0.948. The summed E-state index contributed by atoms with van der Waals surface area (Å²) in [6, 6.07) is 13.5. The number of phenols is 1. The van der Waals surface area contributed by atoms with Gasteiger partial charge in [-0.2, -0.15) is 0 Å². The maximum atomic E-state index is 11.7. The van der Waals surface area contributed by atoms with Crippen molar-refractivity contribution in [2.45, 2.75) is 44.1 Å². The minimum atomic E-state index is -0.773. The lowest BCUT2D eigenvalue weighted by Crippen LogP contribution is -2.39. The monoisotopic (exact) mass is 400 g/mol. The molecule has 4 N–H and O–H groups in total. The zero-order valence-electron chi connectivity index (χ0n) is 15.4. The fourth-order valence-electron chi connectivity index (χ4n) is 3.81. The topological polar surface area (TPSA) is 94.6 Å². The standard InChI is InChI=1S/C21H24N2O4S/c24-16-10-9-14(20-19(16)23-21(26)28-20)17(25)11-22-15-7-4-8-18(15)27-12-13-5-2-1-3-6-13/h1-3,5-6,9-10,15,17-18,22,24-25H,4,7-8,11-12H2,(H,23,26)/t15-,17+,18-/m1/s1. The Balaban J connectivity index is 1.38. The molecule has 1 fully saturated rings. The first-order valence-electron chi connectivity index (χ1n) is 9.53. The van der Waals surface area contributed by atoms with Crippen LogP contribution in [0.2, 0.25) is 0 Å². The highest BCUT2D eigenvalue weighted by Gasteiger charge is 2.28. The molecule has 7 heteroatoms. The molecule has 0 saturated heterocycles. The lowest BCUT2D eigenvalue weighted by molar-refractivity contribution is 0.0249. The third-order valence-electron chi connectivity index (χ3n) is 5.28. The van der Waals surface area contributed by atoms with Crippen LogP contribution in [0.4, 0.5) is 0 Å². The molecule has 2 aromatic carbocycles. The van der Waals surface area contributed by atoms with Gasteiger partial charge in [0.15, 0.2) is 0 Å². The Hall–Kier alpha value is -2.19. The van der Waals surface area contributed by atoms with E-state index in [1.54, 1.807) is 6.07 Å². The van der Waals surface area contributed by atoms with Crippen LogP contribution in [0.3, 0.4) is 0 Å². The van der Waals surface area contributed by atoms with Crippen molar-refractivity contribution < 1.29 is 14.9 Å². The van der Waals surface area contributed by atoms with Crippen molar-refractivity contribution in [2.75, 3.05) is 6.54 Å². The number of phenolic OH excluding ortho intramolecular Hbond substituents is 1. The van der Waals surface area contributed by atoms with Gasteiger partial charge in [-0.3, -0.25) is 4.79 Å². The molecule has 1 aliphatic rings. The summed E-state index contributed by atoms with van der Waals surface area (Å²) in [4.78, 5) is 14.0. The number of aromatic amines is 1. The van der Waals surface area contributed by atoms with Gasteiger partial charge in [-0.15, -0.1) is 0 Å². The molecule has 4 rings (SSSR count). The third kappa shape index (κ3) is 4.12. The Morgan fingerprint density at radius 2 is 2.04 bits per heavy atom. The highest BCUT2D eigenvalue weighted by atomic mass is 32.1. The highest BCUT2D eigenvalue weighted by molar-refractivity contribution is 7.16. The van der Waals surface area contributed by atoms with Crippen LogP contribution in [0, 0.1) is 0 Å². The van der Waals surface area contributed by atoms with Crippen LogP contribution >= 0.6 is 11.3 Å². The Bertz CT molecular complexity index is 985. The molecule has 28 heavy (non-hydrogen) atoms. The summed E-state index contributed by atoms with van der Waals surface area (Å²) in [5.41, 5.74) is 2.18. The average Bonchev–Trinajstić information content (AvgIpc) is 3.32. The van der Waals surface area contributed by atoms with Gasteiger partial charge in [0.05, 0.1) is 23.5 Å². The Morgan fingerprint density at radius 3 is 2.86 bits per heavy atom. The van der Waals surface area contributed by atoms with E-state index >= 15 is 0 Å². The van der Waals surface area contributed by atoms with Gasteiger partial charge in [0.1, 0.15) is 11.3 Å². The molecule has 0 aliphatic heterocycles. The number of nitrogens with one attached hydrogen (secondary N) is 2. The van der Waals surface area contributed by atoms with Gasteiger partial charge in [0, 0.05) is 18.2 Å². The first kappa shape index (κ1) is 19.1. The fourth-order valence-corrected chi connectivity index (χ4v) is 4.73. The average molecular weight is 401 g/mol. The zero-order valence-corrected chi connectivity index (χ0v) is 16.2. The van der Waals surface area contributed by atoms with Gasteiger partial charge in [-0.1, -0.05) is 47.7 Å². The normalized spacial score (nSPS) is 20.6.